The van der Waals surface area contributed by atoms with Gasteiger partial charge in [0.25, 0.3) is 0 Å². The highest BCUT2D eigenvalue weighted by molar-refractivity contribution is 5.80. The summed E-state index contributed by atoms with van der Waals surface area (Å²) < 4.78 is 0. The number of nitrogens with one attached hydrogen (secondary N) is 1. The smallest absolute Gasteiger partial charge is 0.239 e. The zero-order valence-electron chi connectivity index (χ0n) is 13.3. The molecule has 1 unspecified atom stereocenters. The van der Waals surface area contributed by atoms with Crippen molar-refractivity contribution in [3.63, 3.8) is 0 Å². The van der Waals surface area contributed by atoms with Gasteiger partial charge in [0.1, 0.15) is 0 Å². The van der Waals surface area contributed by atoms with Gasteiger partial charge < -0.3 is 10.2 Å². The molecule has 0 saturated heterocycles. The molecule has 0 aromatic carbocycles. The number of carbonyl (C=O) groups is 1. The van der Waals surface area contributed by atoms with Crippen LogP contribution in [0.3, 0.4) is 0 Å². The van der Waals surface area contributed by atoms with Crippen LogP contribution in [0.1, 0.15) is 46.0 Å². The molecule has 112 valence electrons. The van der Waals surface area contributed by atoms with Crippen molar-refractivity contribution < 1.29 is 4.79 Å². The van der Waals surface area contributed by atoms with Crippen LogP contribution < -0.4 is 5.32 Å². The highest BCUT2D eigenvalue weighted by atomic mass is 16.2. The minimum absolute atomic E-state index is 0.0137. The van der Waals surface area contributed by atoms with Crippen LogP contribution in [-0.4, -0.2) is 61.5 Å². The second kappa shape index (κ2) is 7.85. The van der Waals surface area contributed by atoms with Gasteiger partial charge in [0.15, 0.2) is 0 Å². The van der Waals surface area contributed by atoms with Gasteiger partial charge in [0, 0.05) is 26.2 Å². The standard InChI is InChI=1S/C15H31N3O/c1-6-11-16-13-7-9-14(10-8-13)18(5)12(2)15(19)17(3)4/h12-14,16H,6-11H2,1-5H3. The number of likely N-dealkylation sites (N-methyl/N-ethyl adjacent to an activating group) is 2. The fourth-order valence-corrected chi connectivity index (χ4v) is 2.90. The second-order valence-electron chi connectivity index (χ2n) is 6.03. The quantitative estimate of drug-likeness (QED) is 0.797. The normalized spacial score (nSPS) is 25.4. The van der Waals surface area contributed by atoms with Crippen LogP contribution in [0, 0.1) is 0 Å². The summed E-state index contributed by atoms with van der Waals surface area (Å²) in [6.07, 6.45) is 6.07. The summed E-state index contributed by atoms with van der Waals surface area (Å²) in [4.78, 5) is 16.0. The van der Waals surface area contributed by atoms with Gasteiger partial charge in [-0.2, -0.15) is 0 Å². The van der Waals surface area contributed by atoms with Crippen LogP contribution in [0.15, 0.2) is 0 Å². The van der Waals surface area contributed by atoms with Crippen LogP contribution in [0.4, 0.5) is 0 Å². The van der Waals surface area contributed by atoms with E-state index >= 15 is 0 Å². The predicted molar refractivity (Wildman–Crippen MR) is 80.3 cm³/mol. The van der Waals surface area contributed by atoms with Crippen LogP contribution in [0.2, 0.25) is 0 Å². The first-order chi connectivity index (χ1) is 8.97. The van der Waals surface area contributed by atoms with Crippen molar-refractivity contribution in [2.45, 2.75) is 64.1 Å². The molecule has 1 aliphatic carbocycles. The largest absolute Gasteiger partial charge is 0.347 e. The van der Waals surface area contributed by atoms with Crippen molar-refractivity contribution in [3.05, 3.63) is 0 Å². The summed E-state index contributed by atoms with van der Waals surface area (Å²) in [6, 6.07) is 1.23. The van der Waals surface area contributed by atoms with Gasteiger partial charge in [-0.3, -0.25) is 9.69 Å². The number of hydrogen-bond donors (Lipinski definition) is 1. The van der Waals surface area contributed by atoms with Crippen molar-refractivity contribution in [2.24, 2.45) is 0 Å². The molecule has 1 amide bonds. The van der Waals surface area contributed by atoms with Crippen molar-refractivity contribution in [1.82, 2.24) is 15.1 Å². The molecule has 1 aliphatic rings. The Morgan fingerprint density at radius 3 is 2.26 bits per heavy atom. The van der Waals surface area contributed by atoms with Gasteiger partial charge in [-0.1, -0.05) is 6.92 Å². The van der Waals surface area contributed by atoms with Crippen molar-refractivity contribution in [1.29, 1.82) is 0 Å². The van der Waals surface area contributed by atoms with Gasteiger partial charge in [-0.05, 0) is 52.6 Å². The van der Waals surface area contributed by atoms with Crippen LogP contribution in [0.25, 0.3) is 0 Å². The maximum absolute atomic E-state index is 12.0. The molecule has 1 saturated carbocycles. The minimum atomic E-state index is -0.0137. The Labute approximate surface area is 118 Å². The molecule has 1 fully saturated rings. The molecular formula is C15H31N3O. The number of hydrogen-bond acceptors (Lipinski definition) is 3. The molecule has 0 aliphatic heterocycles. The third-order valence-electron chi connectivity index (χ3n) is 4.36. The zero-order valence-corrected chi connectivity index (χ0v) is 13.3. The van der Waals surface area contributed by atoms with E-state index in [1.165, 1.54) is 32.1 Å². The van der Waals surface area contributed by atoms with E-state index in [1.807, 2.05) is 21.0 Å². The number of rotatable bonds is 6. The van der Waals surface area contributed by atoms with Gasteiger partial charge in [0.2, 0.25) is 5.91 Å². The molecular weight excluding hydrogens is 238 g/mol. The van der Waals surface area contributed by atoms with Gasteiger partial charge >= 0.3 is 0 Å². The van der Waals surface area contributed by atoms with Crippen molar-refractivity contribution >= 4 is 5.91 Å². The first kappa shape index (κ1) is 16.4. The van der Waals surface area contributed by atoms with E-state index in [1.54, 1.807) is 4.90 Å². The molecule has 0 aromatic rings. The Bertz CT molecular complexity index is 273. The summed E-state index contributed by atoms with van der Waals surface area (Å²) >= 11 is 0. The third-order valence-corrected chi connectivity index (χ3v) is 4.36. The molecule has 0 radical (unpaired) electrons. The molecule has 0 spiro atoms. The third kappa shape index (κ3) is 4.77. The molecule has 0 bridgehead atoms. The summed E-state index contributed by atoms with van der Waals surface area (Å²) in [7, 11) is 5.76. The molecule has 19 heavy (non-hydrogen) atoms. The first-order valence-corrected chi connectivity index (χ1v) is 7.63. The summed E-state index contributed by atoms with van der Waals surface area (Å²) in [5, 5.41) is 3.61. The van der Waals surface area contributed by atoms with Gasteiger partial charge in [-0.15, -0.1) is 0 Å². The van der Waals surface area contributed by atoms with Crippen molar-refractivity contribution in [2.75, 3.05) is 27.7 Å². The van der Waals surface area contributed by atoms with Gasteiger partial charge in [0.05, 0.1) is 6.04 Å². The molecule has 4 heteroatoms. The zero-order chi connectivity index (χ0) is 14.4. The van der Waals surface area contributed by atoms with E-state index in [0.29, 0.717) is 12.1 Å². The van der Waals surface area contributed by atoms with E-state index in [-0.39, 0.29) is 11.9 Å². The Morgan fingerprint density at radius 2 is 1.79 bits per heavy atom. The molecule has 0 heterocycles. The first-order valence-electron chi connectivity index (χ1n) is 7.63. The molecule has 0 aromatic heterocycles. The molecule has 1 rings (SSSR count). The lowest BCUT2D eigenvalue weighted by molar-refractivity contribution is -0.134. The number of amides is 1. The Hall–Kier alpha value is -0.610. The van der Waals surface area contributed by atoms with E-state index in [0.717, 1.165) is 6.54 Å². The minimum Gasteiger partial charge on any atom is -0.347 e. The highest BCUT2D eigenvalue weighted by Gasteiger charge is 2.29. The van der Waals surface area contributed by atoms with E-state index < -0.39 is 0 Å². The monoisotopic (exact) mass is 269 g/mol. The Balaban J connectivity index is 2.40. The van der Waals surface area contributed by atoms with E-state index in [2.05, 4.69) is 24.2 Å². The lowest BCUT2D eigenvalue weighted by Gasteiger charge is -2.38. The second-order valence-corrected chi connectivity index (χ2v) is 6.03. The average molecular weight is 269 g/mol. The van der Waals surface area contributed by atoms with Gasteiger partial charge in [-0.25, -0.2) is 0 Å². The summed E-state index contributed by atoms with van der Waals surface area (Å²) in [5.41, 5.74) is 0. The Kier molecular flexibility index (Phi) is 6.80. The molecule has 1 N–H and O–H groups in total. The lowest BCUT2D eigenvalue weighted by atomic mass is 9.89. The van der Waals surface area contributed by atoms with E-state index in [9.17, 15) is 4.79 Å². The number of nitrogens with zero attached hydrogens (tertiary/aromatic N) is 2. The topological polar surface area (TPSA) is 35.6 Å². The van der Waals surface area contributed by atoms with Crippen LogP contribution in [-0.2, 0) is 4.79 Å². The van der Waals surface area contributed by atoms with Crippen molar-refractivity contribution in [3.8, 4) is 0 Å². The highest BCUT2D eigenvalue weighted by Crippen LogP contribution is 2.24. The number of carbonyl (C=O) groups excluding carboxylic acids is 1. The maximum Gasteiger partial charge on any atom is 0.239 e. The summed E-state index contributed by atoms with van der Waals surface area (Å²) in [6.45, 7) is 5.35. The van der Waals surface area contributed by atoms with Crippen LogP contribution in [0.5, 0.6) is 0 Å². The molecule has 4 nitrogen and oxygen atoms in total. The average Bonchev–Trinajstić information content (AvgIpc) is 2.43. The molecule has 1 atom stereocenters. The fraction of sp³-hybridized carbons (Fsp3) is 0.933. The fourth-order valence-electron chi connectivity index (χ4n) is 2.90. The Morgan fingerprint density at radius 1 is 1.21 bits per heavy atom. The maximum atomic E-state index is 12.0. The summed E-state index contributed by atoms with van der Waals surface area (Å²) in [5.74, 6) is 0.203. The SMILES string of the molecule is CCCNC1CCC(N(C)C(C)C(=O)N(C)C)CC1. The van der Waals surface area contributed by atoms with Crippen LogP contribution >= 0.6 is 0 Å². The lowest BCUT2D eigenvalue weighted by Crippen LogP contribution is -2.49. The predicted octanol–water partition coefficient (Wildman–Crippen LogP) is 1.71. The van der Waals surface area contributed by atoms with E-state index in [4.69, 9.17) is 0 Å².